The third-order valence-electron chi connectivity index (χ3n) is 4.75. The van der Waals surface area contributed by atoms with E-state index in [0.717, 1.165) is 5.75 Å². The van der Waals surface area contributed by atoms with Crippen LogP contribution in [0.4, 0.5) is 0 Å². The fourth-order valence-electron chi connectivity index (χ4n) is 3.20. The molecule has 1 aliphatic heterocycles. The molecule has 2 aromatic rings. The SMILES string of the molecule is CC(C)c1ccc(OCc2nnc(SCC(=O)N3C[C@@H](C)O[C@@H](C)C3)n2N)cc1. The summed E-state index contributed by atoms with van der Waals surface area (Å²) >= 11 is 1.28. The maximum absolute atomic E-state index is 12.5. The van der Waals surface area contributed by atoms with E-state index in [0.29, 0.717) is 30.0 Å². The second kappa shape index (κ2) is 9.49. The Morgan fingerprint density at radius 3 is 2.52 bits per heavy atom. The monoisotopic (exact) mass is 419 g/mol. The molecule has 29 heavy (non-hydrogen) atoms. The summed E-state index contributed by atoms with van der Waals surface area (Å²) in [5, 5.41) is 8.66. The average Bonchev–Trinajstić information content (AvgIpc) is 3.03. The third kappa shape index (κ3) is 5.63. The Hall–Kier alpha value is -2.26. The maximum Gasteiger partial charge on any atom is 0.233 e. The Kier molecular flexibility index (Phi) is 7.02. The Morgan fingerprint density at radius 1 is 1.24 bits per heavy atom. The minimum absolute atomic E-state index is 0.0445. The van der Waals surface area contributed by atoms with E-state index in [4.69, 9.17) is 15.3 Å². The number of hydrogen-bond acceptors (Lipinski definition) is 7. The summed E-state index contributed by atoms with van der Waals surface area (Å²) in [5.74, 6) is 8.11. The molecular weight excluding hydrogens is 390 g/mol. The molecule has 1 aromatic heterocycles. The Bertz CT molecular complexity index is 814. The molecule has 0 bridgehead atoms. The predicted molar refractivity (Wildman–Crippen MR) is 112 cm³/mol. The molecule has 2 atom stereocenters. The van der Waals surface area contributed by atoms with Crippen molar-refractivity contribution in [2.75, 3.05) is 24.7 Å². The van der Waals surface area contributed by atoms with Gasteiger partial charge >= 0.3 is 0 Å². The first-order valence-electron chi connectivity index (χ1n) is 9.81. The minimum Gasteiger partial charge on any atom is -0.486 e. The van der Waals surface area contributed by atoms with Crippen molar-refractivity contribution in [1.82, 2.24) is 19.8 Å². The van der Waals surface area contributed by atoms with Crippen LogP contribution in [0.5, 0.6) is 5.75 Å². The number of carbonyl (C=O) groups is 1. The molecule has 0 spiro atoms. The van der Waals surface area contributed by atoms with E-state index in [-0.39, 0.29) is 30.5 Å². The lowest BCUT2D eigenvalue weighted by Crippen LogP contribution is -2.48. The van der Waals surface area contributed by atoms with Gasteiger partial charge in [0.15, 0.2) is 5.82 Å². The molecule has 2 heterocycles. The van der Waals surface area contributed by atoms with E-state index in [1.165, 1.54) is 22.0 Å². The lowest BCUT2D eigenvalue weighted by atomic mass is 10.0. The average molecular weight is 420 g/mol. The first kappa shape index (κ1) is 21.4. The number of thioether (sulfide) groups is 1. The molecule has 0 saturated carbocycles. The Morgan fingerprint density at radius 2 is 1.90 bits per heavy atom. The summed E-state index contributed by atoms with van der Waals surface area (Å²) in [6, 6.07) is 7.97. The van der Waals surface area contributed by atoms with Gasteiger partial charge in [0.1, 0.15) is 12.4 Å². The standard InChI is InChI=1S/C20H29N5O3S/c1-13(2)16-5-7-17(8-6-16)27-11-18-22-23-20(25(18)21)29-12-19(26)24-9-14(3)28-15(4)10-24/h5-8,13-15H,9-12,21H2,1-4H3/t14-,15+. The van der Waals surface area contributed by atoms with E-state index in [2.05, 4.69) is 24.0 Å². The van der Waals surface area contributed by atoms with Crippen molar-refractivity contribution in [3.05, 3.63) is 35.7 Å². The van der Waals surface area contributed by atoms with Crippen LogP contribution in [0.1, 0.15) is 45.0 Å². The highest BCUT2D eigenvalue weighted by Gasteiger charge is 2.26. The number of nitrogen functional groups attached to an aromatic ring is 1. The molecule has 9 heteroatoms. The van der Waals surface area contributed by atoms with Crippen LogP contribution in [0, 0.1) is 0 Å². The summed E-state index contributed by atoms with van der Waals surface area (Å²) in [6.45, 7) is 9.66. The van der Waals surface area contributed by atoms with Gasteiger partial charge in [-0.3, -0.25) is 4.79 Å². The van der Waals surface area contributed by atoms with Crippen LogP contribution in [0.2, 0.25) is 0 Å². The van der Waals surface area contributed by atoms with Gasteiger partial charge in [-0.05, 0) is 37.5 Å². The molecule has 1 aliphatic rings. The van der Waals surface area contributed by atoms with Crippen LogP contribution in [0.25, 0.3) is 0 Å². The highest BCUT2D eigenvalue weighted by atomic mass is 32.2. The van der Waals surface area contributed by atoms with E-state index >= 15 is 0 Å². The van der Waals surface area contributed by atoms with Gasteiger partial charge in [-0.2, -0.15) is 0 Å². The van der Waals surface area contributed by atoms with Crippen LogP contribution >= 0.6 is 11.8 Å². The summed E-state index contributed by atoms with van der Waals surface area (Å²) in [6.07, 6.45) is 0.0911. The molecular formula is C20H29N5O3S. The molecule has 1 saturated heterocycles. The number of carbonyl (C=O) groups excluding carboxylic acids is 1. The highest BCUT2D eigenvalue weighted by molar-refractivity contribution is 7.99. The number of nitrogens with zero attached hydrogens (tertiary/aromatic N) is 4. The van der Waals surface area contributed by atoms with Crippen LogP contribution in [-0.2, 0) is 16.1 Å². The zero-order chi connectivity index (χ0) is 21.0. The van der Waals surface area contributed by atoms with Crippen LogP contribution in [0.15, 0.2) is 29.4 Å². The van der Waals surface area contributed by atoms with E-state index in [1.54, 1.807) is 0 Å². The summed E-state index contributed by atoms with van der Waals surface area (Å²) in [7, 11) is 0. The van der Waals surface area contributed by atoms with Crippen molar-refractivity contribution in [1.29, 1.82) is 0 Å². The van der Waals surface area contributed by atoms with Gasteiger partial charge in [-0.1, -0.05) is 37.7 Å². The molecule has 1 fully saturated rings. The lowest BCUT2D eigenvalue weighted by Gasteiger charge is -2.35. The van der Waals surface area contributed by atoms with Crippen LogP contribution in [0.3, 0.4) is 0 Å². The molecule has 3 rings (SSSR count). The van der Waals surface area contributed by atoms with Crippen molar-refractivity contribution in [3.63, 3.8) is 0 Å². The first-order chi connectivity index (χ1) is 13.8. The smallest absolute Gasteiger partial charge is 0.233 e. The van der Waals surface area contributed by atoms with E-state index < -0.39 is 0 Å². The van der Waals surface area contributed by atoms with Gasteiger partial charge in [0.05, 0.1) is 18.0 Å². The molecule has 0 aliphatic carbocycles. The van der Waals surface area contributed by atoms with Gasteiger partial charge in [-0.25, -0.2) is 4.68 Å². The van der Waals surface area contributed by atoms with Crippen molar-refractivity contribution in [2.24, 2.45) is 0 Å². The number of amides is 1. The van der Waals surface area contributed by atoms with E-state index in [1.807, 2.05) is 43.0 Å². The predicted octanol–water partition coefficient (Wildman–Crippen LogP) is 2.42. The summed E-state index contributed by atoms with van der Waals surface area (Å²) in [5.41, 5.74) is 1.26. The fourth-order valence-corrected chi connectivity index (χ4v) is 3.98. The number of hydrogen-bond donors (Lipinski definition) is 1. The summed E-state index contributed by atoms with van der Waals surface area (Å²) < 4.78 is 12.8. The second-order valence-corrected chi connectivity index (χ2v) is 8.57. The van der Waals surface area contributed by atoms with Crippen LogP contribution in [-0.4, -0.2) is 56.7 Å². The maximum atomic E-state index is 12.5. The van der Waals surface area contributed by atoms with Crippen molar-refractivity contribution >= 4 is 17.7 Å². The topological polar surface area (TPSA) is 95.5 Å². The first-order valence-corrected chi connectivity index (χ1v) is 10.8. The normalized spacial score (nSPS) is 19.6. The number of rotatable bonds is 7. The largest absolute Gasteiger partial charge is 0.486 e. The Labute approximate surface area is 175 Å². The second-order valence-electron chi connectivity index (χ2n) is 7.63. The molecule has 158 valence electrons. The molecule has 8 nitrogen and oxygen atoms in total. The van der Waals surface area contributed by atoms with Gasteiger partial charge in [0.2, 0.25) is 11.1 Å². The minimum atomic E-state index is 0.0445. The van der Waals surface area contributed by atoms with Crippen molar-refractivity contribution < 1.29 is 14.3 Å². The van der Waals surface area contributed by atoms with Gasteiger partial charge < -0.3 is 20.2 Å². The number of benzene rings is 1. The zero-order valence-electron chi connectivity index (χ0n) is 17.4. The lowest BCUT2D eigenvalue weighted by molar-refractivity contribution is -0.140. The molecule has 0 unspecified atom stereocenters. The van der Waals surface area contributed by atoms with Gasteiger partial charge in [0, 0.05) is 13.1 Å². The molecule has 0 radical (unpaired) electrons. The summed E-state index contributed by atoms with van der Waals surface area (Å²) in [4.78, 5) is 14.3. The number of morpholine rings is 1. The fraction of sp³-hybridized carbons (Fsp3) is 0.550. The molecule has 2 N–H and O–H groups in total. The molecule has 1 amide bonds. The third-order valence-corrected chi connectivity index (χ3v) is 5.67. The highest BCUT2D eigenvalue weighted by Crippen LogP contribution is 2.21. The Balaban J connectivity index is 1.52. The van der Waals surface area contributed by atoms with Crippen molar-refractivity contribution in [2.45, 2.75) is 57.6 Å². The quantitative estimate of drug-likeness (QED) is 0.544. The van der Waals surface area contributed by atoms with Crippen LogP contribution < -0.4 is 10.6 Å². The number of ether oxygens (including phenoxy) is 2. The zero-order valence-corrected chi connectivity index (χ0v) is 18.2. The van der Waals surface area contributed by atoms with E-state index in [9.17, 15) is 4.79 Å². The van der Waals surface area contributed by atoms with Gasteiger partial charge in [-0.15, -0.1) is 10.2 Å². The number of aromatic nitrogens is 3. The van der Waals surface area contributed by atoms with Gasteiger partial charge in [0.25, 0.3) is 0 Å². The molecule has 1 aromatic carbocycles. The van der Waals surface area contributed by atoms with Crippen molar-refractivity contribution in [3.8, 4) is 5.75 Å². The number of nitrogens with two attached hydrogens (primary N) is 1.